The monoisotopic (exact) mass is 313 g/mol. The van der Waals surface area contributed by atoms with Crippen molar-refractivity contribution in [2.45, 2.75) is 24.6 Å². The van der Waals surface area contributed by atoms with E-state index in [-0.39, 0.29) is 5.56 Å². The molecule has 0 atom stereocenters. The molecule has 7 heteroatoms. The number of aromatic carboxylic acids is 1. The van der Waals surface area contributed by atoms with E-state index in [1.165, 1.54) is 17.8 Å². The fraction of sp³-hybridized carbons (Fsp3) is 0.200. The van der Waals surface area contributed by atoms with E-state index in [9.17, 15) is 9.90 Å². The highest BCUT2D eigenvalue weighted by molar-refractivity contribution is 7.98. The number of carbonyl (C=O) groups is 1. The van der Waals surface area contributed by atoms with Gasteiger partial charge in [0.1, 0.15) is 5.03 Å². The molecule has 0 fully saturated rings. The Morgan fingerprint density at radius 2 is 2.18 bits per heavy atom. The first-order chi connectivity index (χ1) is 10.5. The smallest absolute Gasteiger partial charge is 0.234 e. The third kappa shape index (κ3) is 2.80. The summed E-state index contributed by atoms with van der Waals surface area (Å²) in [6, 6.07) is 5.05. The Balaban J connectivity index is 1.86. The first kappa shape index (κ1) is 14.5. The largest absolute Gasteiger partial charge is 0.545 e. The Morgan fingerprint density at radius 1 is 1.36 bits per heavy atom. The van der Waals surface area contributed by atoms with Gasteiger partial charge in [-0.15, -0.1) is 0 Å². The summed E-state index contributed by atoms with van der Waals surface area (Å²) in [4.78, 5) is 24.0. The number of carboxylic acids is 1. The summed E-state index contributed by atoms with van der Waals surface area (Å²) in [5.41, 5.74) is 2.89. The second kappa shape index (κ2) is 5.76. The highest BCUT2D eigenvalue weighted by atomic mass is 32.2. The fourth-order valence-electron chi connectivity index (χ4n) is 2.19. The molecule has 0 aliphatic heterocycles. The van der Waals surface area contributed by atoms with Crippen LogP contribution in [-0.2, 0) is 5.75 Å². The van der Waals surface area contributed by atoms with Crippen molar-refractivity contribution in [3.05, 3.63) is 53.2 Å². The highest BCUT2D eigenvalue weighted by Crippen LogP contribution is 2.23. The van der Waals surface area contributed by atoms with Crippen molar-refractivity contribution in [3.63, 3.8) is 0 Å². The Labute approximate surface area is 131 Å². The van der Waals surface area contributed by atoms with Crippen LogP contribution in [0, 0.1) is 13.8 Å². The topological polar surface area (TPSA) is 83.2 Å². The van der Waals surface area contributed by atoms with Gasteiger partial charge in [0.15, 0.2) is 0 Å². The fourth-order valence-corrected chi connectivity index (χ4v) is 3.06. The number of imidazole rings is 1. The van der Waals surface area contributed by atoms with E-state index in [0.29, 0.717) is 16.6 Å². The van der Waals surface area contributed by atoms with Crippen LogP contribution in [0.2, 0.25) is 0 Å². The number of nitrogens with zero attached hydrogens (tertiary/aromatic N) is 4. The third-order valence-corrected chi connectivity index (χ3v) is 4.20. The molecule has 3 rings (SSSR count). The molecule has 112 valence electrons. The minimum atomic E-state index is -1.22. The van der Waals surface area contributed by atoms with Crippen molar-refractivity contribution < 1.29 is 9.90 Å². The average Bonchev–Trinajstić information content (AvgIpc) is 2.88. The Bertz CT molecular complexity index is 860. The molecule has 0 saturated heterocycles. The van der Waals surface area contributed by atoms with E-state index >= 15 is 0 Å². The van der Waals surface area contributed by atoms with E-state index in [1.54, 1.807) is 12.3 Å². The minimum Gasteiger partial charge on any atom is -0.545 e. The number of hydrogen-bond donors (Lipinski definition) is 0. The molecule has 3 heterocycles. The maximum absolute atomic E-state index is 11.1. The predicted molar refractivity (Wildman–Crippen MR) is 80.6 cm³/mol. The molecule has 0 saturated carbocycles. The van der Waals surface area contributed by atoms with Crippen LogP contribution in [0.3, 0.4) is 0 Å². The Hall–Kier alpha value is -2.41. The summed E-state index contributed by atoms with van der Waals surface area (Å²) in [6.07, 6.45) is 3.47. The van der Waals surface area contributed by atoms with Crippen LogP contribution in [-0.4, -0.2) is 25.3 Å². The summed E-state index contributed by atoms with van der Waals surface area (Å²) in [6.45, 7) is 3.92. The summed E-state index contributed by atoms with van der Waals surface area (Å²) in [7, 11) is 0. The van der Waals surface area contributed by atoms with Crippen molar-refractivity contribution in [2.24, 2.45) is 0 Å². The molecule has 0 radical (unpaired) electrons. The van der Waals surface area contributed by atoms with Crippen LogP contribution in [0.5, 0.6) is 0 Å². The van der Waals surface area contributed by atoms with E-state index in [2.05, 4.69) is 15.0 Å². The number of carboxylic acid groups (broad SMARTS) is 1. The third-order valence-electron chi connectivity index (χ3n) is 3.16. The van der Waals surface area contributed by atoms with Crippen LogP contribution in [0.4, 0.5) is 0 Å². The molecule has 3 aromatic rings. The van der Waals surface area contributed by atoms with Crippen molar-refractivity contribution >= 4 is 23.5 Å². The van der Waals surface area contributed by atoms with Gasteiger partial charge in [-0.05, 0) is 32.0 Å². The molecule has 3 aromatic heterocycles. The van der Waals surface area contributed by atoms with Gasteiger partial charge in [-0.3, -0.25) is 4.40 Å². The molecule has 0 aromatic carbocycles. The number of fused-ring (bicyclic) bond motifs is 1. The van der Waals surface area contributed by atoms with Crippen molar-refractivity contribution in [3.8, 4) is 0 Å². The van der Waals surface area contributed by atoms with E-state index < -0.39 is 5.97 Å². The lowest BCUT2D eigenvalue weighted by atomic mass is 10.3. The summed E-state index contributed by atoms with van der Waals surface area (Å²) in [5, 5.41) is 11.5. The van der Waals surface area contributed by atoms with E-state index in [1.807, 2.05) is 30.5 Å². The Morgan fingerprint density at radius 3 is 2.95 bits per heavy atom. The van der Waals surface area contributed by atoms with Gasteiger partial charge in [0, 0.05) is 35.1 Å². The van der Waals surface area contributed by atoms with Crippen LogP contribution in [0.25, 0.3) is 5.78 Å². The molecule has 6 nitrogen and oxygen atoms in total. The molecule has 0 spiro atoms. The molecule has 0 amide bonds. The number of aromatic nitrogens is 4. The number of aryl methyl sites for hydroxylation is 2. The van der Waals surface area contributed by atoms with Gasteiger partial charge in [-0.2, -0.15) is 0 Å². The van der Waals surface area contributed by atoms with Gasteiger partial charge in [0.25, 0.3) is 0 Å². The van der Waals surface area contributed by atoms with Gasteiger partial charge < -0.3 is 9.90 Å². The SMILES string of the molecule is Cc1cc(C)n2cc(CSc3ncccc3C(=O)[O-])nc2n1. The van der Waals surface area contributed by atoms with Crippen molar-refractivity contribution in [1.82, 2.24) is 19.4 Å². The second-order valence-electron chi connectivity index (χ2n) is 4.87. The molecule has 0 aliphatic carbocycles. The zero-order valence-electron chi connectivity index (χ0n) is 12.1. The summed E-state index contributed by atoms with van der Waals surface area (Å²) in [5.74, 6) is -0.0629. The highest BCUT2D eigenvalue weighted by Gasteiger charge is 2.09. The van der Waals surface area contributed by atoms with E-state index in [0.717, 1.165) is 17.1 Å². The molecule has 0 unspecified atom stereocenters. The Kier molecular flexibility index (Phi) is 3.81. The standard InChI is InChI=1S/C15H14N4O2S/c1-9-6-10(2)19-7-11(18-15(19)17-9)8-22-13-12(14(20)21)4-3-5-16-13/h3-7H,8H2,1-2H3,(H,20,21)/p-1. The lowest BCUT2D eigenvalue weighted by molar-refractivity contribution is -0.255. The van der Waals surface area contributed by atoms with Gasteiger partial charge in [-0.25, -0.2) is 15.0 Å². The molecule has 0 aliphatic rings. The second-order valence-corrected chi connectivity index (χ2v) is 5.84. The van der Waals surface area contributed by atoms with Crippen molar-refractivity contribution in [1.29, 1.82) is 0 Å². The van der Waals surface area contributed by atoms with Gasteiger partial charge in [0.05, 0.1) is 11.7 Å². The first-order valence-corrected chi connectivity index (χ1v) is 7.64. The van der Waals surface area contributed by atoms with Crippen LogP contribution < -0.4 is 5.11 Å². The number of pyridine rings is 1. The number of thioether (sulfide) groups is 1. The van der Waals surface area contributed by atoms with Crippen LogP contribution in [0.1, 0.15) is 27.4 Å². The van der Waals surface area contributed by atoms with Crippen LogP contribution in [0.15, 0.2) is 35.6 Å². The maximum Gasteiger partial charge on any atom is 0.234 e. The average molecular weight is 313 g/mol. The zero-order valence-corrected chi connectivity index (χ0v) is 12.9. The molecule has 22 heavy (non-hydrogen) atoms. The number of rotatable bonds is 4. The minimum absolute atomic E-state index is 0.0985. The number of hydrogen-bond acceptors (Lipinski definition) is 6. The normalized spacial score (nSPS) is 11.0. The van der Waals surface area contributed by atoms with Crippen molar-refractivity contribution in [2.75, 3.05) is 0 Å². The quantitative estimate of drug-likeness (QED) is 0.677. The first-order valence-electron chi connectivity index (χ1n) is 6.66. The lowest BCUT2D eigenvalue weighted by Gasteiger charge is -2.07. The zero-order chi connectivity index (χ0) is 15.7. The molecule has 0 bridgehead atoms. The predicted octanol–water partition coefficient (Wildman–Crippen LogP) is 1.40. The van der Waals surface area contributed by atoms with Crippen LogP contribution >= 0.6 is 11.8 Å². The molecular weight excluding hydrogens is 300 g/mol. The maximum atomic E-state index is 11.1. The molecular formula is C15H13N4O2S-. The molecule has 0 N–H and O–H groups in total. The van der Waals surface area contributed by atoms with Gasteiger partial charge >= 0.3 is 0 Å². The van der Waals surface area contributed by atoms with Gasteiger partial charge in [-0.1, -0.05) is 11.8 Å². The van der Waals surface area contributed by atoms with Gasteiger partial charge in [0.2, 0.25) is 5.78 Å². The summed E-state index contributed by atoms with van der Waals surface area (Å²) >= 11 is 1.32. The summed E-state index contributed by atoms with van der Waals surface area (Å²) < 4.78 is 1.92. The number of carbonyl (C=O) groups excluding carboxylic acids is 1. The van der Waals surface area contributed by atoms with E-state index in [4.69, 9.17) is 0 Å². The lowest BCUT2D eigenvalue weighted by Crippen LogP contribution is -2.23.